The zero-order chi connectivity index (χ0) is 13.2. The number of nitrogens with two attached hydrogens (primary N) is 1. The van der Waals surface area contributed by atoms with Gasteiger partial charge in [-0.2, -0.15) is 0 Å². The lowest BCUT2D eigenvalue weighted by atomic mass is 9.85. The minimum Gasteiger partial charge on any atom is -0.321 e. The van der Waals surface area contributed by atoms with Gasteiger partial charge in [0, 0.05) is 5.54 Å². The Morgan fingerprint density at radius 2 is 1.50 bits per heavy atom. The topological polar surface area (TPSA) is 26.0 Å². The summed E-state index contributed by atoms with van der Waals surface area (Å²) in [6.07, 6.45) is 0.858. The molecule has 0 aliphatic heterocycles. The number of rotatable bonds is 3. The molecule has 2 N–H and O–H groups in total. The molecular weight excluding hydrogens is 218 g/mol. The van der Waals surface area contributed by atoms with Gasteiger partial charge in [-0.25, -0.2) is 0 Å². The lowest BCUT2D eigenvalue weighted by molar-refractivity contribution is 0.491. The first-order chi connectivity index (χ1) is 8.47. The fourth-order valence-electron chi connectivity index (χ4n) is 2.43. The van der Waals surface area contributed by atoms with Crippen molar-refractivity contribution in [3.8, 4) is 0 Å². The van der Waals surface area contributed by atoms with Crippen LogP contribution in [0.5, 0.6) is 0 Å². The predicted molar refractivity (Wildman–Crippen MR) is 77.6 cm³/mol. The maximum Gasteiger partial charge on any atom is 0.0422 e. The van der Waals surface area contributed by atoms with Crippen molar-refractivity contribution in [1.29, 1.82) is 0 Å². The van der Waals surface area contributed by atoms with Crippen LogP contribution in [0.3, 0.4) is 0 Å². The van der Waals surface area contributed by atoms with Crippen LogP contribution in [0.2, 0.25) is 0 Å². The highest BCUT2D eigenvalue weighted by Gasteiger charge is 2.22. The van der Waals surface area contributed by atoms with Crippen LogP contribution in [0.1, 0.15) is 29.2 Å². The molecule has 1 atom stereocenters. The number of hydrogen-bond donors (Lipinski definition) is 1. The van der Waals surface area contributed by atoms with Crippen molar-refractivity contribution in [3.63, 3.8) is 0 Å². The molecule has 0 spiro atoms. The zero-order valence-corrected chi connectivity index (χ0v) is 11.4. The van der Waals surface area contributed by atoms with E-state index in [2.05, 4.69) is 63.2 Å². The molecule has 2 rings (SSSR count). The summed E-state index contributed by atoms with van der Waals surface area (Å²) in [4.78, 5) is 0. The maximum absolute atomic E-state index is 6.51. The van der Waals surface area contributed by atoms with E-state index in [1.165, 1.54) is 22.3 Å². The highest BCUT2D eigenvalue weighted by Crippen LogP contribution is 2.24. The van der Waals surface area contributed by atoms with Crippen LogP contribution in [0.15, 0.2) is 48.5 Å². The van der Waals surface area contributed by atoms with Crippen molar-refractivity contribution in [2.75, 3.05) is 0 Å². The van der Waals surface area contributed by atoms with Crippen LogP contribution in [0.25, 0.3) is 0 Å². The lowest BCUT2D eigenvalue weighted by Crippen LogP contribution is -2.35. The Hall–Kier alpha value is -1.60. The molecule has 0 aliphatic carbocycles. The molecule has 0 fully saturated rings. The lowest BCUT2D eigenvalue weighted by Gasteiger charge is -2.26. The molecule has 0 aliphatic rings. The van der Waals surface area contributed by atoms with E-state index < -0.39 is 0 Å². The van der Waals surface area contributed by atoms with E-state index in [1.54, 1.807) is 0 Å². The van der Waals surface area contributed by atoms with E-state index in [4.69, 9.17) is 5.73 Å². The third-order valence-corrected chi connectivity index (χ3v) is 3.30. The first kappa shape index (κ1) is 12.8. The molecule has 1 unspecified atom stereocenters. The molecule has 0 heterocycles. The number of hydrogen-bond acceptors (Lipinski definition) is 1. The molecule has 94 valence electrons. The van der Waals surface area contributed by atoms with E-state index >= 15 is 0 Å². The quantitative estimate of drug-likeness (QED) is 0.868. The number of benzene rings is 2. The third kappa shape index (κ3) is 2.99. The molecular formula is C17H21N. The summed E-state index contributed by atoms with van der Waals surface area (Å²) in [7, 11) is 0. The Kier molecular flexibility index (Phi) is 3.53. The van der Waals surface area contributed by atoms with E-state index in [0.717, 1.165) is 6.42 Å². The average molecular weight is 239 g/mol. The highest BCUT2D eigenvalue weighted by atomic mass is 14.7. The van der Waals surface area contributed by atoms with Crippen molar-refractivity contribution in [2.45, 2.75) is 32.7 Å². The largest absolute Gasteiger partial charge is 0.321 e. The summed E-state index contributed by atoms with van der Waals surface area (Å²) < 4.78 is 0. The minimum atomic E-state index is -0.321. The SMILES string of the molecule is Cc1cc(C)cc(C(C)(N)Cc2ccccc2)c1. The molecule has 0 amide bonds. The highest BCUT2D eigenvalue weighted by molar-refractivity contribution is 5.34. The summed E-state index contributed by atoms with van der Waals surface area (Å²) in [5.41, 5.74) is 11.2. The van der Waals surface area contributed by atoms with Gasteiger partial charge < -0.3 is 5.73 Å². The monoisotopic (exact) mass is 239 g/mol. The molecule has 0 radical (unpaired) electrons. The Bertz CT molecular complexity index is 506. The molecule has 0 bridgehead atoms. The van der Waals surface area contributed by atoms with Crippen LogP contribution in [0.4, 0.5) is 0 Å². The maximum atomic E-state index is 6.51. The minimum absolute atomic E-state index is 0.321. The van der Waals surface area contributed by atoms with Crippen molar-refractivity contribution >= 4 is 0 Å². The van der Waals surface area contributed by atoms with Crippen LogP contribution in [-0.2, 0) is 12.0 Å². The predicted octanol–water partition coefficient (Wildman–Crippen LogP) is 3.72. The second kappa shape index (κ2) is 4.95. The summed E-state index contributed by atoms with van der Waals surface area (Å²) in [6, 6.07) is 17.0. The second-order valence-electron chi connectivity index (χ2n) is 5.46. The van der Waals surface area contributed by atoms with Gasteiger partial charge in [-0.1, -0.05) is 59.7 Å². The summed E-state index contributed by atoms with van der Waals surface area (Å²) in [6.45, 7) is 6.35. The van der Waals surface area contributed by atoms with Crippen LogP contribution in [-0.4, -0.2) is 0 Å². The Balaban J connectivity index is 2.30. The first-order valence-corrected chi connectivity index (χ1v) is 6.39. The van der Waals surface area contributed by atoms with Gasteiger partial charge in [-0.3, -0.25) is 0 Å². The van der Waals surface area contributed by atoms with Crippen molar-refractivity contribution < 1.29 is 0 Å². The fourth-order valence-corrected chi connectivity index (χ4v) is 2.43. The van der Waals surface area contributed by atoms with Crippen molar-refractivity contribution in [1.82, 2.24) is 0 Å². The fraction of sp³-hybridized carbons (Fsp3) is 0.294. The average Bonchev–Trinajstić information content (AvgIpc) is 2.28. The van der Waals surface area contributed by atoms with E-state index in [-0.39, 0.29) is 5.54 Å². The van der Waals surface area contributed by atoms with Gasteiger partial charge >= 0.3 is 0 Å². The van der Waals surface area contributed by atoms with Gasteiger partial charge in [-0.05, 0) is 38.3 Å². The van der Waals surface area contributed by atoms with Crippen LogP contribution >= 0.6 is 0 Å². The van der Waals surface area contributed by atoms with E-state index in [9.17, 15) is 0 Å². The molecule has 0 saturated heterocycles. The van der Waals surface area contributed by atoms with Crippen LogP contribution in [0, 0.1) is 13.8 Å². The van der Waals surface area contributed by atoms with Crippen LogP contribution < -0.4 is 5.73 Å². The Labute approximate surface area is 110 Å². The summed E-state index contributed by atoms with van der Waals surface area (Å²) in [5.74, 6) is 0. The van der Waals surface area contributed by atoms with Gasteiger partial charge in [0.05, 0.1) is 0 Å². The molecule has 1 nitrogen and oxygen atoms in total. The first-order valence-electron chi connectivity index (χ1n) is 6.39. The summed E-state index contributed by atoms with van der Waals surface area (Å²) in [5, 5.41) is 0. The molecule has 0 aromatic heterocycles. The standard InChI is InChI=1S/C17H21N/c1-13-9-14(2)11-16(10-13)17(3,18)12-15-7-5-4-6-8-15/h4-11H,12,18H2,1-3H3. The van der Waals surface area contributed by atoms with E-state index in [1.807, 2.05) is 6.07 Å². The van der Waals surface area contributed by atoms with Gasteiger partial charge in [-0.15, -0.1) is 0 Å². The second-order valence-corrected chi connectivity index (χ2v) is 5.46. The molecule has 0 saturated carbocycles. The van der Waals surface area contributed by atoms with Crippen molar-refractivity contribution in [3.05, 3.63) is 70.8 Å². The number of aryl methyl sites for hydroxylation is 2. The van der Waals surface area contributed by atoms with Gasteiger partial charge in [0.25, 0.3) is 0 Å². The molecule has 1 heteroatoms. The van der Waals surface area contributed by atoms with Gasteiger partial charge in [0.15, 0.2) is 0 Å². The van der Waals surface area contributed by atoms with Gasteiger partial charge in [0.2, 0.25) is 0 Å². The Morgan fingerprint density at radius 3 is 2.06 bits per heavy atom. The smallest absolute Gasteiger partial charge is 0.0422 e. The molecule has 2 aromatic carbocycles. The molecule has 2 aromatic rings. The van der Waals surface area contributed by atoms with Crippen molar-refractivity contribution in [2.24, 2.45) is 5.73 Å². The van der Waals surface area contributed by atoms with E-state index in [0.29, 0.717) is 0 Å². The normalized spacial score (nSPS) is 14.2. The molecule has 18 heavy (non-hydrogen) atoms. The summed E-state index contributed by atoms with van der Waals surface area (Å²) >= 11 is 0. The van der Waals surface area contributed by atoms with Gasteiger partial charge in [0.1, 0.15) is 0 Å². The Morgan fingerprint density at radius 1 is 0.944 bits per heavy atom. The zero-order valence-electron chi connectivity index (χ0n) is 11.4. The third-order valence-electron chi connectivity index (χ3n) is 3.30.